The second-order valence-corrected chi connectivity index (χ2v) is 7.04. The summed E-state index contributed by atoms with van der Waals surface area (Å²) in [6, 6.07) is 0. The van der Waals surface area contributed by atoms with Crippen molar-refractivity contribution in [3.8, 4) is 0 Å². The molecule has 0 rings (SSSR count). The molecule has 0 saturated heterocycles. The normalized spacial score (nSPS) is 11.0. The van der Waals surface area contributed by atoms with Crippen molar-refractivity contribution in [1.29, 1.82) is 0 Å². The third-order valence-electron chi connectivity index (χ3n) is 3.09. The molecule has 9 heteroatoms. The third kappa shape index (κ3) is 19.1. The van der Waals surface area contributed by atoms with E-state index in [4.69, 9.17) is 28.4 Å². The van der Waals surface area contributed by atoms with Crippen molar-refractivity contribution >= 4 is 17.9 Å². The summed E-state index contributed by atoms with van der Waals surface area (Å²) in [4.78, 5) is 34.1. The lowest BCUT2D eigenvalue weighted by Gasteiger charge is -2.19. The van der Waals surface area contributed by atoms with Crippen molar-refractivity contribution in [2.45, 2.75) is 46.1 Å². The monoisotopic (exact) mass is 418 g/mol. The summed E-state index contributed by atoms with van der Waals surface area (Å²) in [5, 5.41) is 0. The maximum atomic E-state index is 11.5. The highest BCUT2D eigenvalue weighted by atomic mass is 16.6. The molecule has 0 heterocycles. The molecule has 0 unspecified atom stereocenters. The number of hydrogen-bond acceptors (Lipinski definition) is 9. The molecule has 0 aromatic rings. The Morgan fingerprint density at radius 3 is 1.59 bits per heavy atom. The number of ether oxygens (including phenoxy) is 6. The molecule has 0 saturated carbocycles. The van der Waals surface area contributed by atoms with Crippen molar-refractivity contribution in [2.24, 2.45) is 0 Å². The number of carbonyl (C=O) groups is 3. The molecule has 0 N–H and O–H groups in total. The fourth-order valence-electron chi connectivity index (χ4n) is 1.70. The Bertz CT molecular complexity index is 509. The number of rotatable bonds is 16. The van der Waals surface area contributed by atoms with Gasteiger partial charge in [0.05, 0.1) is 51.5 Å². The minimum atomic E-state index is -0.572. The molecule has 0 amide bonds. The van der Waals surface area contributed by atoms with E-state index >= 15 is 0 Å². The van der Waals surface area contributed by atoms with Gasteiger partial charge in [0.1, 0.15) is 19.8 Å². The number of esters is 3. The van der Waals surface area contributed by atoms with Crippen LogP contribution in [0.5, 0.6) is 0 Å². The van der Waals surface area contributed by atoms with Gasteiger partial charge in [0.25, 0.3) is 0 Å². The van der Waals surface area contributed by atoms with Gasteiger partial charge in [-0.3, -0.25) is 9.59 Å². The quantitative estimate of drug-likeness (QED) is 0.161. The molecular weight excluding hydrogens is 384 g/mol. The maximum Gasteiger partial charge on any atom is 0.333 e. The summed E-state index contributed by atoms with van der Waals surface area (Å²) in [5.74, 6) is -1.64. The second-order valence-electron chi connectivity index (χ2n) is 7.04. The first-order valence-corrected chi connectivity index (χ1v) is 9.55. The molecule has 0 fully saturated rings. The fraction of sp³-hybridized carbons (Fsp3) is 0.750. The Morgan fingerprint density at radius 2 is 1.10 bits per heavy atom. The van der Waals surface area contributed by atoms with E-state index < -0.39 is 17.9 Å². The minimum absolute atomic E-state index is 0.0629. The van der Waals surface area contributed by atoms with E-state index in [1.807, 2.05) is 20.8 Å². The summed E-state index contributed by atoms with van der Waals surface area (Å²) in [7, 11) is 0. The molecule has 0 aromatic carbocycles. The van der Waals surface area contributed by atoms with E-state index in [-0.39, 0.29) is 50.4 Å². The third-order valence-corrected chi connectivity index (χ3v) is 3.09. The highest BCUT2D eigenvalue weighted by Gasteiger charge is 2.10. The van der Waals surface area contributed by atoms with Gasteiger partial charge < -0.3 is 28.4 Å². The molecule has 9 nitrogen and oxygen atoms in total. The van der Waals surface area contributed by atoms with E-state index in [0.29, 0.717) is 26.4 Å². The lowest BCUT2D eigenvalue weighted by atomic mass is 10.2. The Labute approximate surface area is 172 Å². The maximum absolute atomic E-state index is 11.5. The molecular formula is C20H34O9. The molecule has 0 atom stereocenters. The molecule has 0 aliphatic heterocycles. The van der Waals surface area contributed by atoms with Gasteiger partial charge in [-0.05, 0) is 27.7 Å². The first kappa shape index (κ1) is 27.0. The van der Waals surface area contributed by atoms with Crippen LogP contribution >= 0.6 is 0 Å². The zero-order valence-electron chi connectivity index (χ0n) is 18.0. The summed E-state index contributed by atoms with van der Waals surface area (Å²) in [6.07, 6.45) is -0.208. The van der Waals surface area contributed by atoms with Gasteiger partial charge in [0, 0.05) is 5.57 Å². The first-order valence-electron chi connectivity index (χ1n) is 9.55. The lowest BCUT2D eigenvalue weighted by Crippen LogP contribution is -2.22. The van der Waals surface area contributed by atoms with Crippen molar-refractivity contribution < 1.29 is 42.8 Å². The highest BCUT2D eigenvalue weighted by Crippen LogP contribution is 2.05. The van der Waals surface area contributed by atoms with E-state index in [2.05, 4.69) is 6.58 Å². The number of hydrogen-bond donors (Lipinski definition) is 0. The summed E-state index contributed by atoms with van der Waals surface area (Å²) >= 11 is 0. The van der Waals surface area contributed by atoms with Crippen LogP contribution in [0.3, 0.4) is 0 Å². The largest absolute Gasteiger partial charge is 0.463 e. The summed E-state index contributed by atoms with van der Waals surface area (Å²) in [6.45, 7) is 12.9. The van der Waals surface area contributed by atoms with E-state index in [0.717, 1.165) is 0 Å². The zero-order valence-corrected chi connectivity index (χ0v) is 18.0. The van der Waals surface area contributed by atoms with Gasteiger partial charge in [-0.1, -0.05) is 6.58 Å². The molecule has 0 bridgehead atoms. The molecule has 0 aliphatic rings. The lowest BCUT2D eigenvalue weighted by molar-refractivity contribution is -0.153. The summed E-state index contributed by atoms with van der Waals surface area (Å²) in [5.41, 5.74) is 0.0844. The smallest absolute Gasteiger partial charge is 0.333 e. The van der Waals surface area contributed by atoms with E-state index in [1.165, 1.54) is 6.92 Å². The minimum Gasteiger partial charge on any atom is -0.463 e. The summed E-state index contributed by atoms with van der Waals surface area (Å²) < 4.78 is 30.7. The zero-order chi connectivity index (χ0) is 22.1. The molecule has 0 radical (unpaired) electrons. The van der Waals surface area contributed by atoms with E-state index in [1.54, 1.807) is 0 Å². The SMILES string of the molecule is C=C(C)C(=O)OCCOC(=O)CCC(=O)OCCOCCOCCOC(C)(C)C. The molecule has 29 heavy (non-hydrogen) atoms. The highest BCUT2D eigenvalue weighted by molar-refractivity contribution is 5.86. The van der Waals surface area contributed by atoms with Gasteiger partial charge in [-0.15, -0.1) is 0 Å². The van der Waals surface area contributed by atoms with Crippen LogP contribution in [-0.2, 0) is 42.8 Å². The van der Waals surface area contributed by atoms with Crippen LogP contribution in [-0.4, -0.2) is 76.4 Å². The van der Waals surface area contributed by atoms with Crippen molar-refractivity contribution in [3.63, 3.8) is 0 Å². The van der Waals surface area contributed by atoms with Crippen molar-refractivity contribution in [3.05, 3.63) is 12.2 Å². The standard InChI is InChI=1S/C20H34O9/c1-16(2)19(23)28-14-13-27-18(22)7-6-17(21)26-12-10-24-8-9-25-11-15-29-20(3,4)5/h1,6-15H2,2-5H3. The average molecular weight is 418 g/mol. The predicted octanol–water partition coefficient (Wildman–Crippen LogP) is 1.82. The van der Waals surface area contributed by atoms with Crippen LogP contribution in [0, 0.1) is 0 Å². The second kappa shape index (κ2) is 15.9. The van der Waals surface area contributed by atoms with Crippen LogP contribution in [0.1, 0.15) is 40.5 Å². The topological polar surface area (TPSA) is 107 Å². The van der Waals surface area contributed by atoms with Crippen LogP contribution in [0.4, 0.5) is 0 Å². The molecule has 0 aliphatic carbocycles. The Morgan fingerprint density at radius 1 is 0.690 bits per heavy atom. The molecule has 0 aromatic heterocycles. The Kier molecular flexibility index (Phi) is 14.8. The molecule has 0 spiro atoms. The van der Waals surface area contributed by atoms with Crippen molar-refractivity contribution in [2.75, 3.05) is 52.9 Å². The average Bonchev–Trinajstić information content (AvgIpc) is 2.63. The Balaban J connectivity index is 3.46. The first-order chi connectivity index (χ1) is 13.6. The van der Waals surface area contributed by atoms with Crippen LogP contribution < -0.4 is 0 Å². The van der Waals surface area contributed by atoms with E-state index in [9.17, 15) is 14.4 Å². The van der Waals surface area contributed by atoms with Crippen LogP contribution in [0.15, 0.2) is 12.2 Å². The predicted molar refractivity (Wildman–Crippen MR) is 104 cm³/mol. The van der Waals surface area contributed by atoms with Crippen LogP contribution in [0.2, 0.25) is 0 Å². The van der Waals surface area contributed by atoms with Gasteiger partial charge in [0.15, 0.2) is 0 Å². The number of carbonyl (C=O) groups excluding carboxylic acids is 3. The van der Waals surface area contributed by atoms with Crippen LogP contribution in [0.25, 0.3) is 0 Å². The van der Waals surface area contributed by atoms with Gasteiger partial charge in [-0.25, -0.2) is 4.79 Å². The Hall–Kier alpha value is -1.97. The molecule has 168 valence electrons. The van der Waals surface area contributed by atoms with Crippen molar-refractivity contribution in [1.82, 2.24) is 0 Å². The van der Waals surface area contributed by atoms with Gasteiger partial charge in [0.2, 0.25) is 0 Å². The van der Waals surface area contributed by atoms with Gasteiger partial charge in [-0.2, -0.15) is 0 Å². The fourth-order valence-corrected chi connectivity index (χ4v) is 1.70. The van der Waals surface area contributed by atoms with Gasteiger partial charge >= 0.3 is 17.9 Å².